The van der Waals surface area contributed by atoms with Gasteiger partial charge in [-0.3, -0.25) is 9.69 Å². The third-order valence-electron chi connectivity index (χ3n) is 3.75. The molecule has 0 spiro atoms. The highest BCUT2D eigenvalue weighted by atomic mass is 35.5. The fraction of sp³-hybridized carbons (Fsp3) is 0.158. The van der Waals surface area contributed by atoms with Crippen LogP contribution in [0.1, 0.15) is 18.1 Å². The standard InChI is InChI=1S/C19H15Cl2NO2S2/c1-2-22-18(23)17(26-19(22)25)10-13-5-8-16(15(21)9-13)24-11-12-3-6-14(20)7-4-12/h3-10H,2,11H2,1H3/b17-10-. The van der Waals surface area contributed by atoms with Crippen LogP contribution >= 0.6 is 47.2 Å². The van der Waals surface area contributed by atoms with Crippen LogP contribution in [0.4, 0.5) is 0 Å². The molecule has 0 saturated carbocycles. The Morgan fingerprint density at radius 1 is 1.19 bits per heavy atom. The number of hydrogen-bond donors (Lipinski definition) is 0. The second-order valence-corrected chi connectivity index (χ2v) is 8.05. The average molecular weight is 424 g/mol. The quantitative estimate of drug-likeness (QED) is 0.449. The van der Waals surface area contributed by atoms with Gasteiger partial charge in [0.2, 0.25) is 0 Å². The summed E-state index contributed by atoms with van der Waals surface area (Å²) in [4.78, 5) is 14.4. The molecular weight excluding hydrogens is 409 g/mol. The van der Waals surface area contributed by atoms with Crippen molar-refractivity contribution in [1.29, 1.82) is 0 Å². The number of rotatable bonds is 5. The first-order valence-corrected chi connectivity index (χ1v) is 9.88. The first-order chi connectivity index (χ1) is 12.5. The highest BCUT2D eigenvalue weighted by Gasteiger charge is 2.30. The van der Waals surface area contributed by atoms with E-state index in [1.165, 1.54) is 11.8 Å². The van der Waals surface area contributed by atoms with Gasteiger partial charge in [0.05, 0.1) is 9.93 Å². The molecule has 1 amide bonds. The third kappa shape index (κ3) is 4.41. The van der Waals surface area contributed by atoms with Gasteiger partial charge in [-0.2, -0.15) is 0 Å². The molecule has 0 radical (unpaired) electrons. The molecule has 2 aromatic rings. The molecule has 26 heavy (non-hydrogen) atoms. The number of likely N-dealkylation sites (N-methyl/N-ethyl adjacent to an activating group) is 1. The molecule has 1 heterocycles. The van der Waals surface area contributed by atoms with Gasteiger partial charge in [0.25, 0.3) is 5.91 Å². The van der Waals surface area contributed by atoms with E-state index in [9.17, 15) is 4.79 Å². The van der Waals surface area contributed by atoms with E-state index in [2.05, 4.69) is 0 Å². The number of nitrogens with zero attached hydrogens (tertiary/aromatic N) is 1. The van der Waals surface area contributed by atoms with Crippen LogP contribution < -0.4 is 4.74 Å². The van der Waals surface area contributed by atoms with Gasteiger partial charge in [0, 0.05) is 11.6 Å². The third-order valence-corrected chi connectivity index (χ3v) is 5.68. The summed E-state index contributed by atoms with van der Waals surface area (Å²) in [7, 11) is 0. The van der Waals surface area contributed by atoms with Gasteiger partial charge in [0.1, 0.15) is 16.7 Å². The van der Waals surface area contributed by atoms with E-state index in [1.54, 1.807) is 23.1 Å². The van der Waals surface area contributed by atoms with Gasteiger partial charge in [-0.05, 0) is 48.4 Å². The summed E-state index contributed by atoms with van der Waals surface area (Å²) in [6, 6.07) is 12.9. The van der Waals surface area contributed by atoms with Crippen molar-refractivity contribution in [3.63, 3.8) is 0 Å². The predicted octanol–water partition coefficient (Wildman–Crippen LogP) is 5.79. The Labute approximate surface area is 171 Å². The number of ether oxygens (including phenoxy) is 1. The summed E-state index contributed by atoms with van der Waals surface area (Å²) in [5.74, 6) is 0.515. The molecule has 1 aliphatic heterocycles. The van der Waals surface area contributed by atoms with Crippen LogP contribution in [-0.2, 0) is 11.4 Å². The molecule has 134 valence electrons. The van der Waals surface area contributed by atoms with E-state index in [0.717, 1.165) is 11.1 Å². The molecule has 0 N–H and O–H groups in total. The summed E-state index contributed by atoms with van der Waals surface area (Å²) < 4.78 is 6.34. The van der Waals surface area contributed by atoms with Gasteiger partial charge < -0.3 is 4.74 Å². The first-order valence-electron chi connectivity index (χ1n) is 7.90. The monoisotopic (exact) mass is 423 g/mol. The summed E-state index contributed by atoms with van der Waals surface area (Å²) in [6.07, 6.45) is 1.80. The van der Waals surface area contributed by atoms with Crippen molar-refractivity contribution in [1.82, 2.24) is 4.90 Å². The highest BCUT2D eigenvalue weighted by molar-refractivity contribution is 8.26. The minimum atomic E-state index is -0.0679. The number of thiocarbonyl (C=S) groups is 1. The van der Waals surface area contributed by atoms with Crippen molar-refractivity contribution in [2.24, 2.45) is 0 Å². The lowest BCUT2D eigenvalue weighted by Crippen LogP contribution is -2.27. The Kier molecular flexibility index (Phi) is 6.24. The normalized spacial score (nSPS) is 15.8. The Balaban J connectivity index is 1.71. The van der Waals surface area contributed by atoms with Crippen LogP contribution in [0.5, 0.6) is 5.75 Å². The fourth-order valence-corrected chi connectivity index (χ4v) is 4.14. The molecule has 3 nitrogen and oxygen atoms in total. The molecule has 0 atom stereocenters. The van der Waals surface area contributed by atoms with Crippen molar-refractivity contribution in [3.8, 4) is 5.75 Å². The maximum atomic E-state index is 12.3. The molecule has 3 rings (SSSR count). The minimum absolute atomic E-state index is 0.0679. The zero-order chi connectivity index (χ0) is 18.7. The molecule has 0 aromatic heterocycles. The lowest BCUT2D eigenvalue weighted by molar-refractivity contribution is -0.121. The van der Waals surface area contributed by atoms with Crippen molar-refractivity contribution < 1.29 is 9.53 Å². The number of hydrogen-bond acceptors (Lipinski definition) is 4. The van der Waals surface area contributed by atoms with Crippen LogP contribution in [-0.4, -0.2) is 21.7 Å². The second kappa shape index (κ2) is 8.44. The summed E-state index contributed by atoms with van der Waals surface area (Å²) >= 11 is 18.7. The lowest BCUT2D eigenvalue weighted by atomic mass is 10.2. The Morgan fingerprint density at radius 3 is 2.54 bits per heavy atom. The van der Waals surface area contributed by atoms with Crippen molar-refractivity contribution in [2.75, 3.05) is 6.54 Å². The van der Waals surface area contributed by atoms with Gasteiger partial charge in [-0.15, -0.1) is 0 Å². The number of carbonyl (C=O) groups is 1. The minimum Gasteiger partial charge on any atom is -0.487 e. The largest absolute Gasteiger partial charge is 0.487 e. The molecule has 2 aromatic carbocycles. The summed E-state index contributed by atoms with van der Waals surface area (Å²) in [6.45, 7) is 2.86. The van der Waals surface area contributed by atoms with Crippen LogP contribution in [0, 0.1) is 0 Å². The SMILES string of the molecule is CCN1C(=O)/C(=C/c2ccc(OCc3ccc(Cl)cc3)c(Cl)c2)SC1=S. The van der Waals surface area contributed by atoms with Gasteiger partial charge in [-0.1, -0.05) is 65.4 Å². The number of benzene rings is 2. The second-order valence-electron chi connectivity index (χ2n) is 5.53. The van der Waals surface area contributed by atoms with Crippen molar-refractivity contribution in [3.05, 3.63) is 68.5 Å². The molecule has 1 saturated heterocycles. The fourth-order valence-electron chi connectivity index (χ4n) is 2.39. The molecule has 0 bridgehead atoms. The topological polar surface area (TPSA) is 29.5 Å². The molecular formula is C19H15Cl2NO2S2. The van der Waals surface area contributed by atoms with E-state index in [1.807, 2.05) is 37.3 Å². The zero-order valence-corrected chi connectivity index (χ0v) is 17.0. The molecule has 0 aliphatic carbocycles. The van der Waals surface area contributed by atoms with E-state index >= 15 is 0 Å². The molecule has 1 aliphatic rings. The van der Waals surface area contributed by atoms with Crippen LogP contribution in [0.2, 0.25) is 10.0 Å². The average Bonchev–Trinajstić information content (AvgIpc) is 2.88. The van der Waals surface area contributed by atoms with Crippen LogP contribution in [0.3, 0.4) is 0 Å². The lowest BCUT2D eigenvalue weighted by Gasteiger charge is -2.10. The number of amides is 1. The number of thioether (sulfide) groups is 1. The van der Waals surface area contributed by atoms with Crippen molar-refractivity contribution >= 4 is 63.5 Å². The highest BCUT2D eigenvalue weighted by Crippen LogP contribution is 2.34. The maximum absolute atomic E-state index is 12.3. The Bertz CT molecular complexity index is 882. The van der Waals surface area contributed by atoms with E-state index in [4.69, 9.17) is 40.2 Å². The van der Waals surface area contributed by atoms with Crippen LogP contribution in [0.25, 0.3) is 6.08 Å². The summed E-state index contributed by atoms with van der Waals surface area (Å²) in [5, 5.41) is 1.17. The van der Waals surface area contributed by atoms with Gasteiger partial charge in [-0.25, -0.2) is 0 Å². The van der Waals surface area contributed by atoms with Gasteiger partial charge >= 0.3 is 0 Å². The molecule has 7 heteroatoms. The number of halogens is 2. The van der Waals surface area contributed by atoms with Crippen LogP contribution in [0.15, 0.2) is 47.4 Å². The van der Waals surface area contributed by atoms with Gasteiger partial charge in [0.15, 0.2) is 0 Å². The van der Waals surface area contributed by atoms with E-state index < -0.39 is 0 Å². The smallest absolute Gasteiger partial charge is 0.266 e. The zero-order valence-electron chi connectivity index (χ0n) is 13.9. The maximum Gasteiger partial charge on any atom is 0.266 e. The Morgan fingerprint density at radius 2 is 1.92 bits per heavy atom. The molecule has 1 fully saturated rings. The van der Waals surface area contributed by atoms with Crippen molar-refractivity contribution in [2.45, 2.75) is 13.5 Å². The van der Waals surface area contributed by atoms with E-state index in [-0.39, 0.29) is 5.91 Å². The summed E-state index contributed by atoms with van der Waals surface area (Å²) in [5.41, 5.74) is 1.82. The van der Waals surface area contributed by atoms with E-state index in [0.29, 0.717) is 38.2 Å². The predicted molar refractivity (Wildman–Crippen MR) is 113 cm³/mol. The number of carbonyl (C=O) groups excluding carboxylic acids is 1. The Hall–Kier alpha value is -1.53. The first kappa shape index (κ1) is 19.2. The molecule has 0 unspecified atom stereocenters.